The molecule has 0 unspecified atom stereocenters. The van der Waals surface area contributed by atoms with Gasteiger partial charge in [0.25, 0.3) is 0 Å². The molecular formula is C12H13ClN2O5S. The first-order valence-electron chi connectivity index (χ1n) is 6.09. The first-order chi connectivity index (χ1) is 9.75. The second-order valence-electron chi connectivity index (χ2n) is 4.63. The largest absolute Gasteiger partial charge is 0.478 e. The van der Waals surface area contributed by atoms with Gasteiger partial charge in [-0.1, -0.05) is 11.6 Å². The van der Waals surface area contributed by atoms with E-state index in [1.165, 1.54) is 12.1 Å². The minimum Gasteiger partial charge on any atom is -0.478 e. The summed E-state index contributed by atoms with van der Waals surface area (Å²) in [6, 6.07) is 2.46. The number of hydrogen-bond acceptors (Lipinski definition) is 4. The topological polar surface area (TPSA) is 118 Å². The van der Waals surface area contributed by atoms with Crippen LogP contribution in [0.5, 0.6) is 0 Å². The minimum absolute atomic E-state index is 0.102. The van der Waals surface area contributed by atoms with E-state index in [-0.39, 0.29) is 22.0 Å². The average molecular weight is 333 g/mol. The van der Waals surface area contributed by atoms with E-state index in [9.17, 15) is 18.0 Å². The molecule has 1 aliphatic heterocycles. The van der Waals surface area contributed by atoms with Crippen molar-refractivity contribution in [1.29, 1.82) is 0 Å². The first-order valence-corrected chi connectivity index (χ1v) is 7.91. The highest BCUT2D eigenvalue weighted by molar-refractivity contribution is 7.89. The van der Waals surface area contributed by atoms with Gasteiger partial charge in [-0.15, -0.1) is 0 Å². The molecule has 1 amide bonds. The molecule has 0 bridgehead atoms. The number of carboxylic acid groups (broad SMARTS) is 1. The van der Waals surface area contributed by atoms with Gasteiger partial charge in [0.05, 0.1) is 10.6 Å². The molecule has 0 spiro atoms. The number of hydrogen-bond donors (Lipinski definition) is 2. The Bertz CT molecular complexity index is 704. The maximum atomic E-state index is 12.6. The van der Waals surface area contributed by atoms with Gasteiger partial charge < -0.3 is 10.8 Å². The molecule has 2 rings (SSSR count). The van der Waals surface area contributed by atoms with Crippen LogP contribution in [0.2, 0.25) is 5.02 Å². The second kappa shape index (κ2) is 5.63. The summed E-state index contributed by atoms with van der Waals surface area (Å²) in [5, 5.41) is 8.84. The molecule has 21 heavy (non-hydrogen) atoms. The molecule has 0 aromatic heterocycles. The Labute approximate surface area is 126 Å². The van der Waals surface area contributed by atoms with E-state index in [0.29, 0.717) is 12.8 Å². The molecule has 0 aliphatic carbocycles. The number of amides is 1. The van der Waals surface area contributed by atoms with Crippen molar-refractivity contribution >= 4 is 33.5 Å². The zero-order valence-electron chi connectivity index (χ0n) is 10.8. The van der Waals surface area contributed by atoms with Crippen LogP contribution in [0.1, 0.15) is 23.2 Å². The quantitative estimate of drug-likeness (QED) is 0.840. The van der Waals surface area contributed by atoms with E-state index >= 15 is 0 Å². The highest BCUT2D eigenvalue weighted by atomic mass is 35.5. The number of nitrogens with two attached hydrogens (primary N) is 1. The molecule has 0 saturated carbocycles. The molecule has 1 heterocycles. The molecule has 1 fully saturated rings. The Hall–Kier alpha value is -1.64. The van der Waals surface area contributed by atoms with Crippen molar-refractivity contribution in [2.45, 2.75) is 23.8 Å². The van der Waals surface area contributed by atoms with Crippen molar-refractivity contribution in [3.8, 4) is 0 Å². The predicted molar refractivity (Wildman–Crippen MR) is 74.5 cm³/mol. The van der Waals surface area contributed by atoms with Crippen LogP contribution < -0.4 is 5.73 Å². The Morgan fingerprint density at radius 2 is 2.05 bits per heavy atom. The molecule has 114 valence electrons. The van der Waals surface area contributed by atoms with Crippen LogP contribution in [0, 0.1) is 0 Å². The average Bonchev–Trinajstić information content (AvgIpc) is 2.88. The van der Waals surface area contributed by atoms with Crippen molar-refractivity contribution in [3.63, 3.8) is 0 Å². The molecular weight excluding hydrogens is 320 g/mol. The van der Waals surface area contributed by atoms with E-state index < -0.39 is 27.9 Å². The molecule has 9 heteroatoms. The van der Waals surface area contributed by atoms with Crippen LogP contribution in [0.15, 0.2) is 23.1 Å². The number of aromatic carboxylic acids is 1. The summed E-state index contributed by atoms with van der Waals surface area (Å²) in [7, 11) is -4.08. The second-order valence-corrected chi connectivity index (χ2v) is 6.89. The third kappa shape index (κ3) is 2.87. The standard InChI is InChI=1S/C12H13ClN2O5S/c13-8-4-3-7(12(17)18)6-10(8)21(19,20)15-5-1-2-9(15)11(14)16/h3-4,6,9H,1-2,5H2,(H2,14,16)(H,17,18)/t9-/m0/s1. The zero-order chi connectivity index (χ0) is 15.8. The maximum Gasteiger partial charge on any atom is 0.335 e. The van der Waals surface area contributed by atoms with Crippen LogP contribution >= 0.6 is 11.6 Å². The van der Waals surface area contributed by atoms with E-state index in [1.54, 1.807) is 0 Å². The summed E-state index contributed by atoms with van der Waals surface area (Å²) in [5.74, 6) is -2.00. The zero-order valence-corrected chi connectivity index (χ0v) is 12.4. The summed E-state index contributed by atoms with van der Waals surface area (Å²) >= 11 is 5.88. The van der Waals surface area contributed by atoms with Crippen molar-refractivity contribution in [3.05, 3.63) is 28.8 Å². The molecule has 1 atom stereocenters. The van der Waals surface area contributed by atoms with Gasteiger partial charge in [-0.3, -0.25) is 4.79 Å². The summed E-state index contributed by atoms with van der Waals surface area (Å²) in [6.07, 6.45) is 0.841. The number of carboxylic acids is 1. The first kappa shape index (κ1) is 15.7. The van der Waals surface area contributed by atoms with Gasteiger partial charge in [0.15, 0.2) is 0 Å². The number of carbonyl (C=O) groups excluding carboxylic acids is 1. The van der Waals surface area contributed by atoms with Gasteiger partial charge in [-0.05, 0) is 31.0 Å². The number of halogens is 1. The molecule has 1 aromatic carbocycles. The highest BCUT2D eigenvalue weighted by Crippen LogP contribution is 2.30. The van der Waals surface area contributed by atoms with Gasteiger partial charge in [0.2, 0.25) is 15.9 Å². The smallest absolute Gasteiger partial charge is 0.335 e. The number of primary amides is 1. The lowest BCUT2D eigenvalue weighted by Gasteiger charge is -2.22. The van der Waals surface area contributed by atoms with Crippen LogP contribution in [0.4, 0.5) is 0 Å². The fourth-order valence-electron chi connectivity index (χ4n) is 2.27. The SMILES string of the molecule is NC(=O)[C@@H]1CCCN1S(=O)(=O)c1cc(C(=O)O)ccc1Cl. The predicted octanol–water partition coefficient (Wildman–Crippen LogP) is 0.677. The van der Waals surface area contributed by atoms with Crippen LogP contribution in [0.3, 0.4) is 0 Å². The van der Waals surface area contributed by atoms with Gasteiger partial charge in [-0.25, -0.2) is 13.2 Å². The molecule has 1 saturated heterocycles. The van der Waals surface area contributed by atoms with E-state index in [0.717, 1.165) is 10.4 Å². The van der Waals surface area contributed by atoms with Gasteiger partial charge in [0, 0.05) is 6.54 Å². The minimum atomic E-state index is -4.08. The fourth-order valence-corrected chi connectivity index (χ4v) is 4.44. The molecule has 1 aliphatic rings. The lowest BCUT2D eigenvalue weighted by atomic mass is 10.2. The van der Waals surface area contributed by atoms with Crippen LogP contribution in [-0.4, -0.2) is 42.3 Å². The van der Waals surface area contributed by atoms with Gasteiger partial charge in [-0.2, -0.15) is 4.31 Å². The highest BCUT2D eigenvalue weighted by Gasteiger charge is 2.39. The van der Waals surface area contributed by atoms with Crippen molar-refractivity contribution in [1.82, 2.24) is 4.31 Å². The van der Waals surface area contributed by atoms with E-state index in [2.05, 4.69) is 0 Å². The van der Waals surface area contributed by atoms with E-state index in [1.807, 2.05) is 0 Å². The van der Waals surface area contributed by atoms with Crippen molar-refractivity contribution in [2.24, 2.45) is 5.73 Å². The Morgan fingerprint density at radius 3 is 2.62 bits per heavy atom. The van der Waals surface area contributed by atoms with Crippen LogP contribution in [0.25, 0.3) is 0 Å². The summed E-state index contributed by atoms with van der Waals surface area (Å²) in [4.78, 5) is 22.0. The number of benzene rings is 1. The number of rotatable bonds is 4. The Kier molecular flexibility index (Phi) is 4.22. The Balaban J connectivity index is 2.51. The van der Waals surface area contributed by atoms with Gasteiger partial charge in [0.1, 0.15) is 10.9 Å². The Morgan fingerprint density at radius 1 is 1.38 bits per heavy atom. The van der Waals surface area contributed by atoms with E-state index in [4.69, 9.17) is 22.4 Å². The fraction of sp³-hybridized carbons (Fsp3) is 0.333. The lowest BCUT2D eigenvalue weighted by molar-refractivity contribution is -0.121. The molecule has 7 nitrogen and oxygen atoms in total. The molecule has 1 aromatic rings. The summed E-state index contributed by atoms with van der Waals surface area (Å²) < 4.78 is 26.1. The van der Waals surface area contributed by atoms with Crippen LogP contribution in [-0.2, 0) is 14.8 Å². The number of carbonyl (C=O) groups is 2. The third-order valence-electron chi connectivity index (χ3n) is 3.30. The maximum absolute atomic E-state index is 12.6. The normalized spacial score (nSPS) is 19.6. The monoisotopic (exact) mass is 332 g/mol. The summed E-state index contributed by atoms with van der Waals surface area (Å²) in [5.41, 5.74) is 5.01. The number of nitrogens with zero attached hydrogens (tertiary/aromatic N) is 1. The third-order valence-corrected chi connectivity index (χ3v) is 5.69. The van der Waals surface area contributed by atoms with Crippen molar-refractivity contribution < 1.29 is 23.1 Å². The van der Waals surface area contributed by atoms with Crippen molar-refractivity contribution in [2.75, 3.05) is 6.54 Å². The summed E-state index contributed by atoms with van der Waals surface area (Å²) in [6.45, 7) is 0.142. The van der Waals surface area contributed by atoms with Gasteiger partial charge >= 0.3 is 5.97 Å². The lowest BCUT2D eigenvalue weighted by Crippen LogP contribution is -2.43. The number of sulfonamides is 1. The molecule has 3 N–H and O–H groups in total. The molecule has 0 radical (unpaired) electrons.